The summed E-state index contributed by atoms with van der Waals surface area (Å²) in [6.45, 7) is 0. The van der Waals surface area contributed by atoms with Crippen LogP contribution in [0.1, 0.15) is 10.4 Å². The van der Waals surface area contributed by atoms with Gasteiger partial charge in [-0.2, -0.15) is 0 Å². The van der Waals surface area contributed by atoms with E-state index >= 15 is 0 Å². The van der Waals surface area contributed by atoms with Crippen LogP contribution in [0.3, 0.4) is 0 Å². The number of methoxy groups -OCH3 is 1. The van der Waals surface area contributed by atoms with Crippen LogP contribution in [0.4, 0.5) is 0 Å². The molecule has 3 aromatic carbocycles. The van der Waals surface area contributed by atoms with Crippen LogP contribution in [0.2, 0.25) is 5.02 Å². The predicted molar refractivity (Wildman–Crippen MR) is 123 cm³/mol. The molecule has 0 aliphatic rings. The molecule has 31 heavy (non-hydrogen) atoms. The number of benzene rings is 3. The van der Waals surface area contributed by atoms with Gasteiger partial charge in [-0.05, 0) is 48.0 Å². The summed E-state index contributed by atoms with van der Waals surface area (Å²) in [5.74, 6) is 0.283. The van der Waals surface area contributed by atoms with E-state index in [0.717, 1.165) is 15.9 Å². The smallest absolute Gasteiger partial charge is 0.340 e. The highest BCUT2D eigenvalue weighted by atomic mass is 35.5. The van der Waals surface area contributed by atoms with E-state index in [4.69, 9.17) is 16.3 Å². The van der Waals surface area contributed by atoms with E-state index in [1.807, 2.05) is 42.5 Å². The lowest BCUT2D eigenvalue weighted by Gasteiger charge is -2.04. The molecule has 0 fully saturated rings. The summed E-state index contributed by atoms with van der Waals surface area (Å²) in [7, 11) is 1.59. The van der Waals surface area contributed by atoms with Crippen LogP contribution in [0.15, 0.2) is 95.9 Å². The van der Waals surface area contributed by atoms with Gasteiger partial charge in [-0.25, -0.2) is 9.36 Å². The number of para-hydroxylation sites is 1. The average molecular weight is 431 g/mol. The van der Waals surface area contributed by atoms with Crippen LogP contribution in [0, 0.1) is 0 Å². The molecular weight excluding hydrogens is 412 g/mol. The van der Waals surface area contributed by atoms with Crippen LogP contribution in [0.5, 0.6) is 5.75 Å². The molecule has 6 heteroatoms. The van der Waals surface area contributed by atoms with Crippen molar-refractivity contribution in [3.63, 3.8) is 0 Å². The molecule has 1 heterocycles. The summed E-state index contributed by atoms with van der Waals surface area (Å²) in [6.07, 6.45) is 4.72. The number of aromatic nitrogens is 2. The third-order valence-corrected chi connectivity index (χ3v) is 5.07. The van der Waals surface area contributed by atoms with E-state index in [9.17, 15) is 9.59 Å². The first-order valence-corrected chi connectivity index (χ1v) is 9.97. The first-order valence-electron chi connectivity index (χ1n) is 9.59. The Morgan fingerprint density at radius 1 is 0.935 bits per heavy atom. The number of nitrogens with zero attached hydrogens (tertiary/aromatic N) is 2. The van der Waals surface area contributed by atoms with Crippen molar-refractivity contribution < 1.29 is 9.53 Å². The number of ether oxygens (including phenoxy) is 1. The van der Waals surface area contributed by atoms with Gasteiger partial charge in [0.05, 0.1) is 18.5 Å². The molecule has 4 aromatic rings. The van der Waals surface area contributed by atoms with Gasteiger partial charge >= 0.3 is 5.69 Å². The lowest BCUT2D eigenvalue weighted by atomic mass is 10.1. The van der Waals surface area contributed by atoms with Gasteiger partial charge in [0.2, 0.25) is 0 Å². The molecule has 0 radical (unpaired) electrons. The van der Waals surface area contributed by atoms with E-state index < -0.39 is 11.6 Å². The molecule has 0 atom stereocenters. The summed E-state index contributed by atoms with van der Waals surface area (Å²) < 4.78 is 7.77. The summed E-state index contributed by atoms with van der Waals surface area (Å²) in [4.78, 5) is 26.3. The van der Waals surface area contributed by atoms with Gasteiger partial charge in [-0.15, -0.1) is 0 Å². The summed E-state index contributed by atoms with van der Waals surface area (Å²) in [6, 6.07) is 23.5. The zero-order chi connectivity index (χ0) is 21.8. The van der Waals surface area contributed by atoms with E-state index in [2.05, 4.69) is 0 Å². The molecule has 0 N–H and O–H groups in total. The van der Waals surface area contributed by atoms with Gasteiger partial charge in [-0.1, -0.05) is 54.1 Å². The van der Waals surface area contributed by atoms with Crippen molar-refractivity contribution in [3.05, 3.63) is 112 Å². The second-order valence-corrected chi connectivity index (χ2v) is 7.23. The number of halogens is 1. The van der Waals surface area contributed by atoms with Crippen LogP contribution in [0.25, 0.3) is 23.0 Å². The Bertz CT molecular complexity index is 1290. The van der Waals surface area contributed by atoms with Crippen LogP contribution < -0.4 is 10.4 Å². The summed E-state index contributed by atoms with van der Waals surface area (Å²) in [5, 5.41) is 0.575. The van der Waals surface area contributed by atoms with Gasteiger partial charge < -0.3 is 4.74 Å². The van der Waals surface area contributed by atoms with Crippen molar-refractivity contribution in [2.24, 2.45) is 0 Å². The fourth-order valence-corrected chi connectivity index (χ4v) is 3.34. The van der Waals surface area contributed by atoms with E-state index in [-0.39, 0.29) is 0 Å². The third-order valence-electron chi connectivity index (χ3n) is 4.82. The van der Waals surface area contributed by atoms with Gasteiger partial charge in [0.15, 0.2) is 0 Å². The van der Waals surface area contributed by atoms with E-state index in [1.165, 1.54) is 10.6 Å². The van der Waals surface area contributed by atoms with Crippen molar-refractivity contribution in [1.82, 2.24) is 9.13 Å². The Kier molecular flexibility index (Phi) is 5.87. The average Bonchev–Trinajstić information content (AvgIpc) is 3.16. The minimum Gasteiger partial charge on any atom is -0.497 e. The maximum absolute atomic E-state index is 13.2. The largest absolute Gasteiger partial charge is 0.497 e. The maximum atomic E-state index is 13.2. The fraction of sp³-hybridized carbons (Fsp3) is 0.0400. The first kappa shape index (κ1) is 20.4. The lowest BCUT2D eigenvalue weighted by Crippen LogP contribution is -2.27. The number of carbonyl (C=O) groups is 1. The molecule has 4 rings (SSSR count). The third kappa shape index (κ3) is 4.37. The molecule has 5 nitrogen and oxygen atoms in total. The highest BCUT2D eigenvalue weighted by Gasteiger charge is 2.18. The quantitative estimate of drug-likeness (QED) is 0.402. The second-order valence-electron chi connectivity index (χ2n) is 6.79. The number of imidazole rings is 1. The zero-order valence-electron chi connectivity index (χ0n) is 16.7. The number of allylic oxidation sites excluding steroid dienone is 1. The molecule has 0 spiro atoms. The molecule has 0 saturated heterocycles. The summed E-state index contributed by atoms with van der Waals surface area (Å²) in [5.41, 5.74) is 2.24. The Morgan fingerprint density at radius 2 is 1.61 bits per heavy atom. The van der Waals surface area contributed by atoms with Gasteiger partial charge in [0.1, 0.15) is 5.75 Å². The summed E-state index contributed by atoms with van der Waals surface area (Å²) >= 11 is 6.01. The maximum Gasteiger partial charge on any atom is 0.340 e. The van der Waals surface area contributed by atoms with Crippen molar-refractivity contribution in [2.75, 3.05) is 7.11 Å². The number of hydrogen-bond donors (Lipinski definition) is 0. The molecule has 0 aliphatic heterocycles. The Balaban J connectivity index is 1.78. The van der Waals surface area contributed by atoms with Gasteiger partial charge in [-0.3, -0.25) is 9.36 Å². The molecule has 154 valence electrons. The van der Waals surface area contributed by atoms with E-state index in [0.29, 0.717) is 22.0 Å². The SMILES string of the molecule is COc1ccc(C=CC(=O)n2c(-c3ccc(Cl)cc3)cn(-c3ccccc3)c2=O)cc1. The highest BCUT2D eigenvalue weighted by molar-refractivity contribution is 6.30. The van der Waals surface area contributed by atoms with Gasteiger partial charge in [0.25, 0.3) is 5.91 Å². The molecule has 0 unspecified atom stereocenters. The van der Waals surface area contributed by atoms with Crippen molar-refractivity contribution >= 4 is 23.6 Å². The number of hydrogen-bond acceptors (Lipinski definition) is 3. The van der Waals surface area contributed by atoms with Crippen molar-refractivity contribution in [2.45, 2.75) is 0 Å². The molecule has 1 aromatic heterocycles. The van der Waals surface area contributed by atoms with Crippen LogP contribution >= 0.6 is 11.6 Å². The van der Waals surface area contributed by atoms with Crippen LogP contribution in [-0.4, -0.2) is 22.2 Å². The number of carbonyl (C=O) groups excluding carboxylic acids is 1. The second kappa shape index (κ2) is 8.90. The zero-order valence-corrected chi connectivity index (χ0v) is 17.5. The minimum absolute atomic E-state index is 0.444. The highest BCUT2D eigenvalue weighted by Crippen LogP contribution is 2.22. The van der Waals surface area contributed by atoms with Gasteiger partial charge in [0, 0.05) is 22.9 Å². The molecule has 0 bridgehead atoms. The van der Waals surface area contributed by atoms with E-state index in [1.54, 1.807) is 55.8 Å². The number of rotatable bonds is 5. The molecule has 0 aliphatic carbocycles. The fourth-order valence-electron chi connectivity index (χ4n) is 3.21. The topological polar surface area (TPSA) is 53.2 Å². The van der Waals surface area contributed by atoms with Crippen molar-refractivity contribution in [3.8, 4) is 22.7 Å². The Labute approximate surface area is 184 Å². The normalized spacial score (nSPS) is 11.0. The van der Waals surface area contributed by atoms with Crippen molar-refractivity contribution in [1.29, 1.82) is 0 Å². The first-order chi connectivity index (χ1) is 15.1. The Hall–Kier alpha value is -3.83. The monoisotopic (exact) mass is 430 g/mol. The lowest BCUT2D eigenvalue weighted by molar-refractivity contribution is 0.0967. The standard InChI is InChI=1S/C25H19ClN2O3/c1-31-22-14-7-18(8-15-22)9-16-24(29)28-23(19-10-12-20(26)13-11-19)17-27(25(28)30)21-5-3-2-4-6-21/h2-17H,1H3. The van der Waals surface area contributed by atoms with Crippen LogP contribution in [-0.2, 0) is 0 Å². The Morgan fingerprint density at radius 3 is 2.26 bits per heavy atom. The molecule has 0 amide bonds. The minimum atomic E-state index is -0.444. The molecular formula is C25H19ClN2O3. The molecule has 0 saturated carbocycles. The predicted octanol–water partition coefficient (Wildman–Crippen LogP) is 5.32.